The predicted octanol–water partition coefficient (Wildman–Crippen LogP) is 3.42. The molecule has 0 amide bonds. The van der Waals surface area contributed by atoms with E-state index in [0.717, 1.165) is 25.4 Å². The van der Waals surface area contributed by atoms with Gasteiger partial charge in [-0.05, 0) is 25.5 Å². The van der Waals surface area contributed by atoms with E-state index >= 15 is 0 Å². The van der Waals surface area contributed by atoms with Gasteiger partial charge < -0.3 is 0 Å². The van der Waals surface area contributed by atoms with Crippen molar-refractivity contribution in [1.82, 2.24) is 0 Å². The second kappa shape index (κ2) is 19.0. The summed E-state index contributed by atoms with van der Waals surface area (Å²) in [6.45, 7) is 4.02. The normalized spacial score (nSPS) is 11.1. The summed E-state index contributed by atoms with van der Waals surface area (Å²) < 4.78 is 0. The Morgan fingerprint density at radius 1 is 0.812 bits per heavy atom. The Hall–Kier alpha value is -1.70. The van der Waals surface area contributed by atoms with Gasteiger partial charge in [0.25, 0.3) is 0 Å². The fourth-order valence-electron chi connectivity index (χ4n) is 0.672. The maximum absolute atomic E-state index is 9.72. The van der Waals surface area contributed by atoms with Gasteiger partial charge in [-0.2, -0.15) is 0 Å². The molecule has 0 fully saturated rings. The number of allylic oxidation sites excluding steroid dienone is 8. The molecule has 0 saturated heterocycles. The van der Waals surface area contributed by atoms with Crippen molar-refractivity contribution in [1.29, 1.82) is 0 Å². The van der Waals surface area contributed by atoms with Crippen LogP contribution in [0.3, 0.4) is 0 Å². The zero-order valence-electron chi connectivity index (χ0n) is 10.0. The molecule has 0 N–H and O–H groups in total. The lowest BCUT2D eigenvalue weighted by atomic mass is 10.3. The molecule has 0 radical (unpaired) electrons. The summed E-state index contributed by atoms with van der Waals surface area (Å²) >= 11 is 0. The molecule has 88 valence electrons. The van der Waals surface area contributed by atoms with Crippen molar-refractivity contribution in [2.24, 2.45) is 0 Å². The molecule has 2 nitrogen and oxygen atoms in total. The van der Waals surface area contributed by atoms with Crippen LogP contribution in [0.1, 0.15) is 26.7 Å². The van der Waals surface area contributed by atoms with E-state index in [1.54, 1.807) is 18.2 Å². The van der Waals surface area contributed by atoms with Crippen LogP contribution in [-0.4, -0.2) is 12.6 Å². The molecule has 0 saturated carbocycles. The molecule has 0 bridgehead atoms. The average Bonchev–Trinajstić information content (AvgIpc) is 2.31. The molecule has 0 heterocycles. The van der Waals surface area contributed by atoms with Crippen LogP contribution in [0.25, 0.3) is 0 Å². The molecule has 0 aromatic carbocycles. The second-order valence-corrected chi connectivity index (χ2v) is 2.78. The van der Waals surface area contributed by atoms with Crippen molar-refractivity contribution in [3.8, 4) is 0 Å². The van der Waals surface area contributed by atoms with Gasteiger partial charge >= 0.3 is 0 Å². The van der Waals surface area contributed by atoms with Crippen molar-refractivity contribution < 1.29 is 9.59 Å². The molecule has 0 aliphatic rings. The quantitative estimate of drug-likeness (QED) is 0.390. The summed E-state index contributed by atoms with van der Waals surface area (Å²) in [5.74, 6) is 0. The molecule has 0 aromatic rings. The summed E-state index contributed by atoms with van der Waals surface area (Å²) in [4.78, 5) is 19.3. The zero-order valence-corrected chi connectivity index (χ0v) is 10.0. The molecular weight excluding hydrogens is 200 g/mol. The van der Waals surface area contributed by atoms with E-state index in [1.807, 2.05) is 25.2 Å². The summed E-state index contributed by atoms with van der Waals surface area (Å²) in [6.07, 6.45) is 17.7. The van der Waals surface area contributed by atoms with Crippen LogP contribution in [0.2, 0.25) is 0 Å². The molecule has 0 aliphatic carbocycles. The van der Waals surface area contributed by atoms with Gasteiger partial charge in [0.1, 0.15) is 12.6 Å². The molecule has 0 rings (SSSR count). The van der Waals surface area contributed by atoms with Crippen molar-refractivity contribution >= 4 is 12.6 Å². The van der Waals surface area contributed by atoms with E-state index < -0.39 is 0 Å². The highest BCUT2D eigenvalue weighted by Gasteiger charge is 1.68. The highest BCUT2D eigenvalue weighted by Crippen LogP contribution is 1.87. The van der Waals surface area contributed by atoms with Crippen LogP contribution in [0, 0.1) is 0 Å². The van der Waals surface area contributed by atoms with Crippen LogP contribution in [0.4, 0.5) is 0 Å². The molecular formula is C14H20O2. The second-order valence-electron chi connectivity index (χ2n) is 2.78. The molecule has 2 heteroatoms. The first-order valence-electron chi connectivity index (χ1n) is 5.33. The van der Waals surface area contributed by atoms with E-state index in [0.29, 0.717) is 0 Å². The van der Waals surface area contributed by atoms with E-state index in [-0.39, 0.29) is 0 Å². The van der Waals surface area contributed by atoms with Crippen LogP contribution < -0.4 is 0 Å². The topological polar surface area (TPSA) is 34.1 Å². The number of carbonyl (C=O) groups is 2. The van der Waals surface area contributed by atoms with Crippen LogP contribution in [0.15, 0.2) is 48.6 Å². The van der Waals surface area contributed by atoms with Gasteiger partial charge in [-0.25, -0.2) is 0 Å². The van der Waals surface area contributed by atoms with Crippen LogP contribution in [0.5, 0.6) is 0 Å². The van der Waals surface area contributed by atoms with Crippen molar-refractivity contribution in [3.05, 3.63) is 48.6 Å². The molecule has 0 unspecified atom stereocenters. The number of rotatable bonds is 6. The van der Waals surface area contributed by atoms with E-state index in [9.17, 15) is 9.59 Å². The number of hydrogen-bond acceptors (Lipinski definition) is 2. The third kappa shape index (κ3) is 22.8. The third-order valence-corrected chi connectivity index (χ3v) is 1.39. The summed E-state index contributed by atoms with van der Waals surface area (Å²) in [5.41, 5.74) is 0. The van der Waals surface area contributed by atoms with E-state index in [1.165, 1.54) is 12.2 Å². The Bertz CT molecular complexity index is 258. The summed E-state index contributed by atoms with van der Waals surface area (Å²) in [5, 5.41) is 0. The number of carbonyl (C=O) groups excluding carboxylic acids is 2. The van der Waals surface area contributed by atoms with Gasteiger partial charge in [0.15, 0.2) is 0 Å². The van der Waals surface area contributed by atoms with Crippen LogP contribution >= 0.6 is 0 Å². The Morgan fingerprint density at radius 2 is 1.38 bits per heavy atom. The first-order valence-corrected chi connectivity index (χ1v) is 5.33. The SMILES string of the molecule is CC=CC=CC=O.CCCC=CC=CC=O. The fraction of sp³-hybridized carbons (Fsp3) is 0.286. The maximum atomic E-state index is 9.72. The molecule has 0 aromatic heterocycles. The van der Waals surface area contributed by atoms with Gasteiger partial charge in [0.05, 0.1) is 0 Å². The minimum Gasteiger partial charge on any atom is -0.299 e. The predicted molar refractivity (Wildman–Crippen MR) is 69.3 cm³/mol. The Labute approximate surface area is 98.1 Å². The van der Waals surface area contributed by atoms with Gasteiger partial charge in [-0.15, -0.1) is 0 Å². The fourth-order valence-corrected chi connectivity index (χ4v) is 0.672. The number of hydrogen-bond donors (Lipinski definition) is 0. The smallest absolute Gasteiger partial charge is 0.142 e. The number of aldehydes is 2. The molecule has 0 spiro atoms. The first kappa shape index (κ1) is 16.7. The summed E-state index contributed by atoms with van der Waals surface area (Å²) in [6, 6.07) is 0. The van der Waals surface area contributed by atoms with E-state index in [2.05, 4.69) is 6.92 Å². The minimum atomic E-state index is 0.750. The summed E-state index contributed by atoms with van der Waals surface area (Å²) in [7, 11) is 0. The average molecular weight is 220 g/mol. The Balaban J connectivity index is 0. The monoisotopic (exact) mass is 220 g/mol. The molecule has 0 aliphatic heterocycles. The van der Waals surface area contributed by atoms with Gasteiger partial charge in [0, 0.05) is 0 Å². The zero-order chi connectivity index (χ0) is 12.5. The van der Waals surface area contributed by atoms with Crippen molar-refractivity contribution in [2.45, 2.75) is 26.7 Å². The lowest BCUT2D eigenvalue weighted by molar-refractivity contribution is -0.104. The maximum Gasteiger partial charge on any atom is 0.142 e. The standard InChI is InChI=1S/C8H12O.C6H8O/c1-2-3-4-5-6-7-8-9;1-2-3-4-5-6-7/h4-8H,2-3H2,1H3;2-6H,1H3. The number of unbranched alkanes of at least 4 members (excludes halogenated alkanes) is 1. The van der Waals surface area contributed by atoms with Crippen molar-refractivity contribution in [2.75, 3.05) is 0 Å². The van der Waals surface area contributed by atoms with E-state index in [4.69, 9.17) is 0 Å². The Kier molecular flexibility index (Phi) is 19.8. The van der Waals surface area contributed by atoms with Crippen molar-refractivity contribution in [3.63, 3.8) is 0 Å². The largest absolute Gasteiger partial charge is 0.299 e. The molecule has 16 heavy (non-hydrogen) atoms. The lowest BCUT2D eigenvalue weighted by Gasteiger charge is -1.78. The highest BCUT2D eigenvalue weighted by atomic mass is 16.1. The van der Waals surface area contributed by atoms with Gasteiger partial charge in [-0.1, -0.05) is 49.8 Å². The van der Waals surface area contributed by atoms with Gasteiger partial charge in [-0.3, -0.25) is 9.59 Å². The molecule has 0 atom stereocenters. The highest BCUT2D eigenvalue weighted by molar-refractivity contribution is 5.65. The van der Waals surface area contributed by atoms with Crippen LogP contribution in [-0.2, 0) is 9.59 Å². The lowest BCUT2D eigenvalue weighted by Crippen LogP contribution is -1.60. The minimum absolute atomic E-state index is 0.750. The first-order chi connectivity index (χ1) is 7.83. The van der Waals surface area contributed by atoms with Gasteiger partial charge in [0.2, 0.25) is 0 Å². The Morgan fingerprint density at radius 3 is 1.81 bits per heavy atom. The third-order valence-electron chi connectivity index (χ3n) is 1.39.